The Balaban J connectivity index is 1.85. The monoisotopic (exact) mass is 263 g/mol. The minimum Gasteiger partial charge on any atom is -0.445 e. The lowest BCUT2D eigenvalue weighted by atomic mass is 9.91. The first-order valence-corrected chi connectivity index (χ1v) is 6.75. The van der Waals surface area contributed by atoms with Crippen LogP contribution in [0.4, 0.5) is 4.79 Å². The van der Waals surface area contributed by atoms with Crippen molar-refractivity contribution in [3.05, 3.63) is 35.9 Å². The van der Waals surface area contributed by atoms with Gasteiger partial charge in [-0.15, -0.1) is 0 Å². The highest BCUT2D eigenvalue weighted by molar-refractivity contribution is 5.67. The Hall–Kier alpha value is -1.55. The van der Waals surface area contributed by atoms with Crippen LogP contribution in [-0.4, -0.2) is 35.8 Å². The van der Waals surface area contributed by atoms with Crippen molar-refractivity contribution in [2.75, 3.05) is 19.7 Å². The fourth-order valence-electron chi connectivity index (χ4n) is 2.57. The maximum absolute atomic E-state index is 12.0. The predicted molar refractivity (Wildman–Crippen MR) is 72.6 cm³/mol. The van der Waals surface area contributed by atoms with E-state index in [1.807, 2.05) is 30.3 Å². The molecule has 0 unspecified atom stereocenters. The first kappa shape index (κ1) is 13.9. The number of piperidine rings is 1. The van der Waals surface area contributed by atoms with E-state index < -0.39 is 0 Å². The summed E-state index contributed by atoms with van der Waals surface area (Å²) in [5.41, 5.74) is 0.986. The topological polar surface area (TPSA) is 49.8 Å². The molecule has 2 rings (SSSR count). The van der Waals surface area contributed by atoms with E-state index in [9.17, 15) is 9.90 Å². The molecule has 1 aliphatic rings. The molecular weight excluding hydrogens is 242 g/mol. The third kappa shape index (κ3) is 3.96. The quantitative estimate of drug-likeness (QED) is 0.910. The Morgan fingerprint density at radius 3 is 2.79 bits per heavy atom. The van der Waals surface area contributed by atoms with Crippen molar-refractivity contribution in [3.8, 4) is 0 Å². The fourth-order valence-corrected chi connectivity index (χ4v) is 2.57. The molecule has 1 amide bonds. The van der Waals surface area contributed by atoms with Gasteiger partial charge in [0.2, 0.25) is 0 Å². The predicted octanol–water partition coefficient (Wildman–Crippen LogP) is 2.27. The zero-order chi connectivity index (χ0) is 13.7. The molecule has 1 saturated heterocycles. The van der Waals surface area contributed by atoms with E-state index in [4.69, 9.17) is 4.74 Å². The van der Waals surface area contributed by atoms with Gasteiger partial charge in [0, 0.05) is 25.6 Å². The second-order valence-corrected chi connectivity index (χ2v) is 5.33. The smallest absolute Gasteiger partial charge is 0.410 e. The average Bonchev–Trinajstić information content (AvgIpc) is 2.45. The molecule has 2 atom stereocenters. The Bertz CT molecular complexity index is 407. The van der Waals surface area contributed by atoms with Crippen molar-refractivity contribution in [1.82, 2.24) is 4.90 Å². The van der Waals surface area contributed by atoms with Crippen LogP contribution >= 0.6 is 0 Å². The molecule has 1 fully saturated rings. The molecule has 1 heterocycles. The third-order valence-corrected chi connectivity index (χ3v) is 3.47. The van der Waals surface area contributed by atoms with Crippen LogP contribution in [0.3, 0.4) is 0 Å². The highest BCUT2D eigenvalue weighted by Gasteiger charge is 2.28. The van der Waals surface area contributed by atoms with E-state index in [1.54, 1.807) is 4.90 Å². The number of hydrogen-bond acceptors (Lipinski definition) is 3. The highest BCUT2D eigenvalue weighted by atomic mass is 16.6. The van der Waals surface area contributed by atoms with E-state index in [2.05, 4.69) is 6.92 Å². The SMILES string of the molecule is C[C@H]1C[C@H](CO)CN(C(=O)OCc2ccccc2)C1. The molecule has 0 spiro atoms. The standard InChI is InChI=1S/C15H21NO3/c1-12-7-14(10-17)9-16(8-12)15(18)19-11-13-5-3-2-4-6-13/h2-6,12,14,17H,7-11H2,1H3/t12-,14-/m0/s1. The summed E-state index contributed by atoms with van der Waals surface area (Å²) in [5, 5.41) is 9.24. The molecular formula is C15H21NO3. The van der Waals surface area contributed by atoms with Crippen LogP contribution in [0.1, 0.15) is 18.9 Å². The molecule has 0 bridgehead atoms. The van der Waals surface area contributed by atoms with Crippen molar-refractivity contribution in [1.29, 1.82) is 0 Å². The number of ether oxygens (including phenoxy) is 1. The van der Waals surface area contributed by atoms with Crippen molar-refractivity contribution >= 4 is 6.09 Å². The molecule has 4 heteroatoms. The number of aliphatic hydroxyl groups is 1. The molecule has 1 N–H and O–H groups in total. The van der Waals surface area contributed by atoms with Crippen LogP contribution < -0.4 is 0 Å². The van der Waals surface area contributed by atoms with Gasteiger partial charge < -0.3 is 14.7 Å². The number of hydrogen-bond donors (Lipinski definition) is 1. The highest BCUT2D eigenvalue weighted by Crippen LogP contribution is 2.21. The molecule has 1 aliphatic heterocycles. The summed E-state index contributed by atoms with van der Waals surface area (Å²) in [6.07, 6.45) is 0.688. The van der Waals surface area contributed by atoms with Gasteiger partial charge in [-0.2, -0.15) is 0 Å². The zero-order valence-corrected chi connectivity index (χ0v) is 11.3. The lowest BCUT2D eigenvalue weighted by molar-refractivity contribution is 0.0544. The summed E-state index contributed by atoms with van der Waals surface area (Å²) in [7, 11) is 0. The second-order valence-electron chi connectivity index (χ2n) is 5.33. The van der Waals surface area contributed by atoms with Gasteiger partial charge in [-0.1, -0.05) is 37.3 Å². The van der Waals surface area contributed by atoms with Gasteiger partial charge >= 0.3 is 6.09 Å². The minimum atomic E-state index is -0.283. The number of likely N-dealkylation sites (tertiary alicyclic amines) is 1. The average molecular weight is 263 g/mol. The fraction of sp³-hybridized carbons (Fsp3) is 0.533. The first-order chi connectivity index (χ1) is 9.19. The van der Waals surface area contributed by atoms with E-state index in [1.165, 1.54) is 0 Å². The lowest BCUT2D eigenvalue weighted by Crippen LogP contribution is -2.44. The zero-order valence-electron chi connectivity index (χ0n) is 11.3. The van der Waals surface area contributed by atoms with Crippen LogP contribution in [-0.2, 0) is 11.3 Å². The molecule has 0 saturated carbocycles. The largest absolute Gasteiger partial charge is 0.445 e. The Morgan fingerprint density at radius 2 is 2.11 bits per heavy atom. The normalized spacial score (nSPS) is 23.2. The Morgan fingerprint density at radius 1 is 1.37 bits per heavy atom. The Labute approximate surface area is 114 Å². The van der Waals surface area contributed by atoms with Crippen LogP contribution in [0, 0.1) is 11.8 Å². The van der Waals surface area contributed by atoms with E-state index in [0.29, 0.717) is 25.6 Å². The molecule has 19 heavy (non-hydrogen) atoms. The number of benzene rings is 1. The maximum Gasteiger partial charge on any atom is 0.410 e. The second kappa shape index (κ2) is 6.57. The summed E-state index contributed by atoms with van der Waals surface area (Å²) in [6.45, 7) is 3.83. The lowest BCUT2D eigenvalue weighted by Gasteiger charge is -2.34. The van der Waals surface area contributed by atoms with Gasteiger partial charge in [0.15, 0.2) is 0 Å². The number of nitrogens with zero attached hydrogens (tertiary/aromatic N) is 1. The van der Waals surface area contributed by atoms with Gasteiger partial charge in [0.05, 0.1) is 0 Å². The molecule has 0 aromatic heterocycles. The summed E-state index contributed by atoms with van der Waals surface area (Å²) in [5.74, 6) is 0.586. The summed E-state index contributed by atoms with van der Waals surface area (Å²) in [4.78, 5) is 13.7. The minimum absolute atomic E-state index is 0.132. The van der Waals surface area contributed by atoms with Gasteiger partial charge in [-0.3, -0.25) is 0 Å². The van der Waals surface area contributed by atoms with Crippen LogP contribution in [0.2, 0.25) is 0 Å². The molecule has 1 aromatic rings. The first-order valence-electron chi connectivity index (χ1n) is 6.75. The third-order valence-electron chi connectivity index (χ3n) is 3.47. The number of carbonyl (C=O) groups is 1. The summed E-state index contributed by atoms with van der Waals surface area (Å²) < 4.78 is 5.31. The van der Waals surface area contributed by atoms with Crippen molar-refractivity contribution < 1.29 is 14.6 Å². The van der Waals surface area contributed by atoms with Crippen LogP contribution in [0.5, 0.6) is 0 Å². The van der Waals surface area contributed by atoms with Crippen molar-refractivity contribution in [2.45, 2.75) is 20.0 Å². The van der Waals surface area contributed by atoms with E-state index in [0.717, 1.165) is 12.0 Å². The van der Waals surface area contributed by atoms with Gasteiger partial charge in [0.25, 0.3) is 0 Å². The van der Waals surface area contributed by atoms with Gasteiger partial charge in [-0.05, 0) is 17.9 Å². The molecule has 0 aliphatic carbocycles. The molecule has 4 nitrogen and oxygen atoms in total. The number of amides is 1. The van der Waals surface area contributed by atoms with Gasteiger partial charge in [0.1, 0.15) is 6.61 Å². The van der Waals surface area contributed by atoms with E-state index >= 15 is 0 Å². The van der Waals surface area contributed by atoms with E-state index in [-0.39, 0.29) is 18.6 Å². The Kier molecular flexibility index (Phi) is 4.80. The van der Waals surface area contributed by atoms with Crippen LogP contribution in [0.15, 0.2) is 30.3 Å². The van der Waals surface area contributed by atoms with Crippen molar-refractivity contribution in [3.63, 3.8) is 0 Å². The number of carbonyl (C=O) groups excluding carboxylic acids is 1. The van der Waals surface area contributed by atoms with Crippen molar-refractivity contribution in [2.24, 2.45) is 11.8 Å². The van der Waals surface area contributed by atoms with Crippen LogP contribution in [0.25, 0.3) is 0 Å². The molecule has 104 valence electrons. The number of aliphatic hydroxyl groups excluding tert-OH is 1. The number of rotatable bonds is 3. The summed E-state index contributed by atoms with van der Waals surface area (Å²) in [6, 6.07) is 9.65. The molecule has 1 aromatic carbocycles. The van der Waals surface area contributed by atoms with Gasteiger partial charge in [-0.25, -0.2) is 4.79 Å². The summed E-state index contributed by atoms with van der Waals surface area (Å²) >= 11 is 0. The maximum atomic E-state index is 12.0. The molecule has 0 radical (unpaired) electrons.